The zero-order valence-corrected chi connectivity index (χ0v) is 16.6. The van der Waals surface area contributed by atoms with Crippen LogP contribution in [0.25, 0.3) is 0 Å². The Bertz CT molecular complexity index is 851. The molecule has 0 saturated carbocycles. The van der Waals surface area contributed by atoms with Crippen molar-refractivity contribution in [2.75, 3.05) is 23.4 Å². The minimum Gasteiger partial charge on any atom is -0.364 e. The predicted octanol–water partition coefficient (Wildman–Crippen LogP) is 5.37. The molecule has 1 aliphatic carbocycles. The van der Waals surface area contributed by atoms with Crippen molar-refractivity contribution in [3.63, 3.8) is 0 Å². The van der Waals surface area contributed by atoms with Crippen LogP contribution in [0.2, 0.25) is 0 Å². The number of hydrogen-bond donors (Lipinski definition) is 0. The maximum atomic E-state index is 2.63. The largest absolute Gasteiger partial charge is 0.364 e. The number of hydrogen-bond acceptors (Lipinski definition) is 2. The lowest BCUT2D eigenvalue weighted by Gasteiger charge is -2.57. The van der Waals surface area contributed by atoms with E-state index in [1.54, 1.807) is 0 Å². The van der Waals surface area contributed by atoms with Crippen molar-refractivity contribution in [2.45, 2.75) is 58.5 Å². The van der Waals surface area contributed by atoms with Crippen molar-refractivity contribution < 1.29 is 0 Å². The molecule has 0 aromatic heterocycles. The highest BCUT2D eigenvalue weighted by Crippen LogP contribution is 2.61. The quantitative estimate of drug-likeness (QED) is 0.691. The van der Waals surface area contributed by atoms with Crippen LogP contribution in [0.3, 0.4) is 0 Å². The Hall–Kier alpha value is -1.96. The highest BCUT2D eigenvalue weighted by molar-refractivity contribution is 5.80. The maximum absolute atomic E-state index is 2.63. The van der Waals surface area contributed by atoms with Crippen LogP contribution in [0.15, 0.2) is 36.4 Å². The minimum absolute atomic E-state index is 0.0153. The number of fused-ring (bicyclic) bond motifs is 4. The van der Waals surface area contributed by atoms with E-state index >= 15 is 0 Å². The molecule has 0 radical (unpaired) electrons. The zero-order chi connectivity index (χ0) is 18.1. The number of likely N-dealkylation sites (N-methyl/N-ethyl adjacent to an activating group) is 2. The second kappa shape index (κ2) is 5.03. The molecule has 2 aromatic rings. The fourth-order valence-electron chi connectivity index (χ4n) is 5.32. The summed E-state index contributed by atoms with van der Waals surface area (Å²) in [6.07, 6.45) is 0. The normalized spacial score (nSPS) is 26.3. The lowest BCUT2D eigenvalue weighted by atomic mass is 9.69. The van der Waals surface area contributed by atoms with Gasteiger partial charge in [-0.15, -0.1) is 0 Å². The lowest BCUT2D eigenvalue weighted by molar-refractivity contribution is 0.240. The smallest absolute Gasteiger partial charge is 0.0783 e. The molecule has 0 N–H and O–H groups in total. The molecule has 2 aromatic carbocycles. The van der Waals surface area contributed by atoms with E-state index in [2.05, 4.69) is 94.8 Å². The molecule has 2 atom stereocenters. The summed E-state index contributed by atoms with van der Waals surface area (Å²) in [6.45, 7) is 15.1. The summed E-state index contributed by atoms with van der Waals surface area (Å²) in [5.41, 5.74) is 8.57. The summed E-state index contributed by atoms with van der Waals surface area (Å²) >= 11 is 0. The Balaban J connectivity index is 2.05. The van der Waals surface area contributed by atoms with Crippen LogP contribution < -0.4 is 9.80 Å². The molecule has 132 valence electrons. The average Bonchev–Trinajstić information content (AvgIpc) is 2.77. The van der Waals surface area contributed by atoms with Crippen molar-refractivity contribution in [2.24, 2.45) is 0 Å². The fraction of sp³-hybridized carbons (Fsp3) is 0.478. The van der Waals surface area contributed by atoms with Gasteiger partial charge in [0.2, 0.25) is 0 Å². The van der Waals surface area contributed by atoms with Crippen molar-refractivity contribution in [3.8, 4) is 0 Å². The lowest BCUT2D eigenvalue weighted by Crippen LogP contribution is -2.63. The Morgan fingerprint density at radius 1 is 0.960 bits per heavy atom. The summed E-state index contributed by atoms with van der Waals surface area (Å²) in [5.74, 6) is 0. The molecule has 0 fully saturated rings. The van der Waals surface area contributed by atoms with Gasteiger partial charge in [-0.3, -0.25) is 0 Å². The first-order valence-corrected chi connectivity index (χ1v) is 9.46. The van der Waals surface area contributed by atoms with E-state index in [0.717, 1.165) is 6.54 Å². The van der Waals surface area contributed by atoms with E-state index in [4.69, 9.17) is 0 Å². The van der Waals surface area contributed by atoms with Crippen LogP contribution in [0, 0.1) is 13.8 Å². The standard InChI is InChI=1S/C23H30N2/c1-8-25-20-14-16(3)15(2)13-19(20)24(7)23(6)21(25)17-11-9-10-12-18(17)22(23,4)5/h9-14,21H,8H2,1-7H3. The molecule has 0 saturated heterocycles. The van der Waals surface area contributed by atoms with Gasteiger partial charge in [-0.1, -0.05) is 38.1 Å². The van der Waals surface area contributed by atoms with Gasteiger partial charge in [-0.25, -0.2) is 0 Å². The van der Waals surface area contributed by atoms with Crippen LogP contribution in [0.5, 0.6) is 0 Å². The van der Waals surface area contributed by atoms with Gasteiger partial charge in [0.05, 0.1) is 23.0 Å². The zero-order valence-electron chi connectivity index (χ0n) is 16.6. The Kier molecular flexibility index (Phi) is 3.32. The first-order valence-electron chi connectivity index (χ1n) is 9.46. The Labute approximate surface area is 152 Å². The first-order chi connectivity index (χ1) is 11.7. The van der Waals surface area contributed by atoms with Crippen molar-refractivity contribution in [1.29, 1.82) is 0 Å². The average molecular weight is 335 g/mol. The van der Waals surface area contributed by atoms with Crippen LogP contribution in [-0.2, 0) is 5.41 Å². The molecule has 2 heteroatoms. The summed E-state index contributed by atoms with van der Waals surface area (Å²) < 4.78 is 0. The third-order valence-corrected chi connectivity index (χ3v) is 7.34. The number of anilines is 2. The van der Waals surface area contributed by atoms with Crippen LogP contribution in [0.1, 0.15) is 56.0 Å². The topological polar surface area (TPSA) is 6.48 Å². The minimum atomic E-state index is 0.0153. The van der Waals surface area contributed by atoms with E-state index in [1.165, 1.54) is 33.6 Å². The van der Waals surface area contributed by atoms with Crippen molar-refractivity contribution >= 4 is 11.4 Å². The van der Waals surface area contributed by atoms with Gasteiger partial charge in [-0.05, 0) is 62.1 Å². The molecule has 4 rings (SSSR count). The van der Waals surface area contributed by atoms with Gasteiger partial charge in [0, 0.05) is 19.0 Å². The molecule has 1 heterocycles. The van der Waals surface area contributed by atoms with Gasteiger partial charge >= 0.3 is 0 Å². The molecule has 25 heavy (non-hydrogen) atoms. The number of aryl methyl sites for hydroxylation is 2. The highest BCUT2D eigenvalue weighted by atomic mass is 15.3. The Morgan fingerprint density at radius 2 is 1.56 bits per heavy atom. The monoisotopic (exact) mass is 334 g/mol. The summed E-state index contributed by atoms with van der Waals surface area (Å²) in [4.78, 5) is 5.20. The molecule has 0 spiro atoms. The molecular formula is C23H30N2. The van der Waals surface area contributed by atoms with E-state index < -0.39 is 0 Å². The van der Waals surface area contributed by atoms with Crippen LogP contribution >= 0.6 is 0 Å². The van der Waals surface area contributed by atoms with Gasteiger partial charge in [0.15, 0.2) is 0 Å². The van der Waals surface area contributed by atoms with Gasteiger partial charge in [0.1, 0.15) is 0 Å². The van der Waals surface area contributed by atoms with E-state index in [1.807, 2.05) is 0 Å². The second-order valence-electron chi connectivity index (χ2n) is 8.53. The van der Waals surface area contributed by atoms with Gasteiger partial charge < -0.3 is 9.80 Å². The summed E-state index contributed by atoms with van der Waals surface area (Å²) in [7, 11) is 2.29. The number of nitrogens with zero attached hydrogens (tertiary/aromatic N) is 2. The summed E-state index contributed by atoms with van der Waals surface area (Å²) in [6, 6.07) is 14.2. The molecule has 1 aliphatic heterocycles. The maximum Gasteiger partial charge on any atom is 0.0783 e. The van der Waals surface area contributed by atoms with E-state index in [0.29, 0.717) is 6.04 Å². The van der Waals surface area contributed by atoms with Crippen LogP contribution in [0.4, 0.5) is 11.4 Å². The predicted molar refractivity (Wildman–Crippen MR) is 108 cm³/mol. The SMILES string of the molecule is CCN1c2cc(C)c(C)cc2N(C)C2(C)C1c1ccccc1C2(C)C. The third-order valence-electron chi connectivity index (χ3n) is 7.34. The van der Waals surface area contributed by atoms with E-state index in [9.17, 15) is 0 Å². The molecular weight excluding hydrogens is 304 g/mol. The third kappa shape index (κ3) is 1.80. The van der Waals surface area contributed by atoms with Crippen molar-refractivity contribution in [1.82, 2.24) is 0 Å². The highest BCUT2D eigenvalue weighted by Gasteiger charge is 2.61. The second-order valence-corrected chi connectivity index (χ2v) is 8.53. The summed E-state index contributed by atoms with van der Waals surface area (Å²) in [5, 5.41) is 0. The molecule has 2 unspecified atom stereocenters. The number of benzene rings is 2. The van der Waals surface area contributed by atoms with Gasteiger partial charge in [-0.2, -0.15) is 0 Å². The Morgan fingerprint density at radius 3 is 2.20 bits per heavy atom. The molecule has 0 bridgehead atoms. The fourth-order valence-corrected chi connectivity index (χ4v) is 5.32. The molecule has 0 amide bonds. The number of rotatable bonds is 1. The molecule has 2 aliphatic rings. The van der Waals surface area contributed by atoms with Crippen LogP contribution in [-0.4, -0.2) is 19.1 Å². The van der Waals surface area contributed by atoms with Gasteiger partial charge in [0.25, 0.3) is 0 Å². The molecule has 2 nitrogen and oxygen atoms in total. The van der Waals surface area contributed by atoms with E-state index in [-0.39, 0.29) is 11.0 Å². The van der Waals surface area contributed by atoms with Crippen molar-refractivity contribution in [3.05, 3.63) is 58.7 Å². The first kappa shape index (κ1) is 16.5.